The molecule has 2 rings (SSSR count). The Morgan fingerprint density at radius 3 is 2.68 bits per heavy atom. The van der Waals surface area contributed by atoms with Crippen molar-refractivity contribution >= 4 is 33.2 Å². The van der Waals surface area contributed by atoms with Crippen molar-refractivity contribution in [1.82, 2.24) is 5.32 Å². The summed E-state index contributed by atoms with van der Waals surface area (Å²) in [6.45, 7) is 6.15. The molecule has 1 atom stereocenters. The summed E-state index contributed by atoms with van der Waals surface area (Å²) in [5.74, 6) is -0.0321. The Balaban J connectivity index is 2.14. The van der Waals surface area contributed by atoms with Crippen LogP contribution < -0.4 is 5.32 Å². The highest BCUT2D eigenvalue weighted by molar-refractivity contribution is 9.11. The molecule has 19 heavy (non-hydrogen) atoms. The van der Waals surface area contributed by atoms with E-state index in [-0.39, 0.29) is 11.9 Å². The van der Waals surface area contributed by atoms with Crippen LogP contribution in [0, 0.1) is 13.8 Å². The second-order valence-electron chi connectivity index (χ2n) is 4.69. The molecule has 0 aliphatic rings. The van der Waals surface area contributed by atoms with E-state index >= 15 is 0 Å². The van der Waals surface area contributed by atoms with E-state index < -0.39 is 0 Å². The Bertz CT molecular complexity index is 606. The van der Waals surface area contributed by atoms with E-state index in [0.29, 0.717) is 5.56 Å². The van der Waals surface area contributed by atoms with Gasteiger partial charge >= 0.3 is 0 Å². The van der Waals surface area contributed by atoms with Crippen LogP contribution in [0.5, 0.6) is 0 Å². The summed E-state index contributed by atoms with van der Waals surface area (Å²) in [6.07, 6.45) is 0. The third kappa shape index (κ3) is 3.45. The molecular weight excluding hydrogens is 322 g/mol. The molecule has 0 aliphatic heterocycles. The van der Waals surface area contributed by atoms with Gasteiger partial charge in [-0.05, 0) is 53.9 Å². The molecule has 1 N–H and O–H groups in total. The number of benzene rings is 1. The normalized spacial score (nSPS) is 12.2. The molecular formula is C15H16BrNOS. The molecule has 0 spiro atoms. The Morgan fingerprint density at radius 1 is 1.32 bits per heavy atom. The smallest absolute Gasteiger partial charge is 0.252 e. The lowest BCUT2D eigenvalue weighted by Gasteiger charge is -2.17. The quantitative estimate of drug-likeness (QED) is 0.869. The average molecular weight is 338 g/mol. The van der Waals surface area contributed by atoms with Gasteiger partial charge in [0.15, 0.2) is 0 Å². The van der Waals surface area contributed by atoms with Crippen molar-refractivity contribution in [2.45, 2.75) is 26.8 Å². The zero-order chi connectivity index (χ0) is 14.0. The van der Waals surface area contributed by atoms with Crippen LogP contribution in [0.25, 0.3) is 0 Å². The highest BCUT2D eigenvalue weighted by atomic mass is 79.9. The van der Waals surface area contributed by atoms with Gasteiger partial charge in [0, 0.05) is 5.38 Å². The van der Waals surface area contributed by atoms with Crippen molar-refractivity contribution in [3.05, 3.63) is 55.7 Å². The minimum absolute atomic E-state index is 0.00563. The molecule has 1 heterocycles. The molecule has 2 nitrogen and oxygen atoms in total. The largest absolute Gasteiger partial charge is 0.345 e. The molecule has 100 valence electrons. The lowest BCUT2D eigenvalue weighted by atomic mass is 10.00. The second kappa shape index (κ2) is 5.88. The van der Waals surface area contributed by atoms with Crippen LogP contribution in [0.15, 0.2) is 33.4 Å². The number of amides is 1. The summed E-state index contributed by atoms with van der Waals surface area (Å²) >= 11 is 4.89. The number of halogens is 1. The van der Waals surface area contributed by atoms with Gasteiger partial charge in [0.05, 0.1) is 15.4 Å². The lowest BCUT2D eigenvalue weighted by Crippen LogP contribution is -2.26. The van der Waals surface area contributed by atoms with E-state index in [1.54, 1.807) is 0 Å². The van der Waals surface area contributed by atoms with Crippen LogP contribution in [-0.4, -0.2) is 5.91 Å². The number of aryl methyl sites for hydroxylation is 2. The lowest BCUT2D eigenvalue weighted by molar-refractivity contribution is 0.0940. The van der Waals surface area contributed by atoms with Gasteiger partial charge in [0.1, 0.15) is 0 Å². The molecule has 0 saturated carbocycles. The first-order chi connectivity index (χ1) is 8.97. The van der Waals surface area contributed by atoms with E-state index in [2.05, 4.69) is 53.3 Å². The van der Waals surface area contributed by atoms with Crippen molar-refractivity contribution in [2.24, 2.45) is 0 Å². The van der Waals surface area contributed by atoms with Gasteiger partial charge in [0.25, 0.3) is 5.91 Å². The van der Waals surface area contributed by atoms with Crippen molar-refractivity contribution in [1.29, 1.82) is 0 Å². The molecule has 0 bridgehead atoms. The molecule has 1 aromatic heterocycles. The third-order valence-electron chi connectivity index (χ3n) is 3.08. The zero-order valence-electron chi connectivity index (χ0n) is 11.2. The molecule has 2 aromatic rings. The topological polar surface area (TPSA) is 29.1 Å². The van der Waals surface area contributed by atoms with Crippen molar-refractivity contribution < 1.29 is 4.79 Å². The first-order valence-corrected chi connectivity index (χ1v) is 7.76. The Kier molecular flexibility index (Phi) is 4.42. The summed E-state index contributed by atoms with van der Waals surface area (Å²) in [5.41, 5.74) is 4.28. The van der Waals surface area contributed by atoms with Crippen LogP contribution in [0.3, 0.4) is 0 Å². The van der Waals surface area contributed by atoms with Gasteiger partial charge in [-0.1, -0.05) is 23.8 Å². The fourth-order valence-electron chi connectivity index (χ4n) is 2.01. The fraction of sp³-hybridized carbons (Fsp3) is 0.267. The molecule has 1 aromatic carbocycles. The van der Waals surface area contributed by atoms with Crippen LogP contribution in [-0.2, 0) is 0 Å². The van der Waals surface area contributed by atoms with Gasteiger partial charge in [0.2, 0.25) is 0 Å². The maximum Gasteiger partial charge on any atom is 0.252 e. The predicted octanol–water partition coefficient (Wildman–Crippen LogP) is 4.62. The first-order valence-electron chi connectivity index (χ1n) is 6.09. The number of carbonyl (C=O) groups is 1. The Hall–Kier alpha value is -1.13. The number of carbonyl (C=O) groups excluding carboxylic acids is 1. The van der Waals surface area contributed by atoms with E-state index in [1.807, 2.05) is 18.4 Å². The molecule has 0 radical (unpaired) electrons. The predicted molar refractivity (Wildman–Crippen MR) is 83.8 cm³/mol. The van der Waals surface area contributed by atoms with E-state index in [9.17, 15) is 4.79 Å². The number of nitrogens with one attached hydrogen (secondary N) is 1. The summed E-state index contributed by atoms with van der Waals surface area (Å²) < 4.78 is 0.969. The maximum absolute atomic E-state index is 12.1. The van der Waals surface area contributed by atoms with Crippen LogP contribution >= 0.6 is 27.3 Å². The van der Waals surface area contributed by atoms with Crippen LogP contribution in [0.2, 0.25) is 0 Å². The number of thiophene rings is 1. The average Bonchev–Trinajstić information content (AvgIpc) is 2.79. The summed E-state index contributed by atoms with van der Waals surface area (Å²) in [5, 5.41) is 4.90. The van der Waals surface area contributed by atoms with Gasteiger partial charge in [-0.25, -0.2) is 0 Å². The van der Waals surface area contributed by atoms with Crippen molar-refractivity contribution in [3.63, 3.8) is 0 Å². The first kappa shape index (κ1) is 14.3. The van der Waals surface area contributed by atoms with E-state index in [0.717, 1.165) is 3.79 Å². The summed E-state index contributed by atoms with van der Waals surface area (Å²) in [7, 11) is 0. The van der Waals surface area contributed by atoms with Gasteiger partial charge < -0.3 is 5.32 Å². The van der Waals surface area contributed by atoms with Gasteiger partial charge in [-0.3, -0.25) is 4.79 Å². The molecule has 4 heteroatoms. The third-order valence-corrected chi connectivity index (χ3v) is 4.58. The molecule has 1 amide bonds. The highest BCUT2D eigenvalue weighted by Crippen LogP contribution is 2.22. The summed E-state index contributed by atoms with van der Waals surface area (Å²) in [4.78, 5) is 12.1. The Labute approximate surface area is 126 Å². The van der Waals surface area contributed by atoms with Crippen molar-refractivity contribution in [3.8, 4) is 0 Å². The zero-order valence-corrected chi connectivity index (χ0v) is 13.6. The second-order valence-corrected chi connectivity index (χ2v) is 6.99. The molecule has 0 fully saturated rings. The standard InChI is InChI=1S/C15H16BrNOS/c1-9-4-5-10(2)13(6-9)11(3)17-15(18)12-7-14(16)19-8-12/h4-8,11H,1-3H3,(H,17,18). The maximum atomic E-state index is 12.1. The highest BCUT2D eigenvalue weighted by Gasteiger charge is 2.14. The number of rotatable bonds is 3. The molecule has 0 saturated heterocycles. The molecule has 0 aliphatic carbocycles. The number of hydrogen-bond donors (Lipinski definition) is 1. The van der Waals surface area contributed by atoms with Gasteiger partial charge in [-0.2, -0.15) is 0 Å². The van der Waals surface area contributed by atoms with Crippen LogP contribution in [0.1, 0.15) is 40.0 Å². The van der Waals surface area contributed by atoms with Crippen LogP contribution in [0.4, 0.5) is 0 Å². The minimum atomic E-state index is -0.0321. The SMILES string of the molecule is Cc1ccc(C)c(C(C)NC(=O)c2csc(Br)c2)c1. The van der Waals surface area contributed by atoms with E-state index in [1.165, 1.54) is 28.0 Å². The number of hydrogen-bond acceptors (Lipinski definition) is 2. The summed E-state index contributed by atoms with van der Waals surface area (Å²) in [6, 6.07) is 8.16. The van der Waals surface area contributed by atoms with Gasteiger partial charge in [-0.15, -0.1) is 11.3 Å². The molecule has 1 unspecified atom stereocenters. The fourth-order valence-corrected chi connectivity index (χ4v) is 3.15. The monoisotopic (exact) mass is 337 g/mol. The Morgan fingerprint density at radius 2 is 2.05 bits per heavy atom. The van der Waals surface area contributed by atoms with Crippen molar-refractivity contribution in [2.75, 3.05) is 0 Å². The van der Waals surface area contributed by atoms with E-state index in [4.69, 9.17) is 0 Å². The minimum Gasteiger partial charge on any atom is -0.345 e.